The Kier molecular flexibility index (Phi) is 7.45. The van der Waals surface area contributed by atoms with Crippen LogP contribution in [0.1, 0.15) is 18.4 Å². The van der Waals surface area contributed by atoms with Crippen LogP contribution in [0.4, 0.5) is 18.9 Å². The number of anilines is 1. The van der Waals surface area contributed by atoms with Gasteiger partial charge in [-0.05, 0) is 24.1 Å². The summed E-state index contributed by atoms with van der Waals surface area (Å²) in [6.07, 6.45) is -1.35. The highest BCUT2D eigenvalue weighted by molar-refractivity contribution is 6.32. The van der Waals surface area contributed by atoms with Crippen LogP contribution in [0, 0.1) is 0 Å². The minimum atomic E-state index is -4.82. The van der Waals surface area contributed by atoms with Gasteiger partial charge in [0.05, 0.1) is 35.8 Å². The van der Waals surface area contributed by atoms with Gasteiger partial charge in [-0.15, -0.1) is 13.2 Å². The van der Waals surface area contributed by atoms with Gasteiger partial charge >= 0.3 is 12.3 Å². The van der Waals surface area contributed by atoms with Gasteiger partial charge in [0.1, 0.15) is 18.1 Å². The second-order valence-corrected chi connectivity index (χ2v) is 7.26. The maximum atomic E-state index is 12.3. The molecule has 0 aliphatic carbocycles. The number of benzene rings is 1. The van der Waals surface area contributed by atoms with Gasteiger partial charge in [0.25, 0.3) is 0 Å². The van der Waals surface area contributed by atoms with Crippen LogP contribution >= 0.6 is 11.6 Å². The molecule has 1 aromatic heterocycles. The SMILES string of the molecule is O=C(O)CC[C@H]1CN(c2cncc(OCc3ccc(OC(F)(F)F)c(Cl)c3)c2)CCO1. The summed E-state index contributed by atoms with van der Waals surface area (Å²) in [6, 6.07) is 5.69. The van der Waals surface area contributed by atoms with Gasteiger partial charge in [0.2, 0.25) is 0 Å². The largest absolute Gasteiger partial charge is 0.573 e. The van der Waals surface area contributed by atoms with E-state index < -0.39 is 18.1 Å². The topological polar surface area (TPSA) is 81.1 Å². The Morgan fingerprint density at radius 2 is 2.13 bits per heavy atom. The molecule has 0 bridgehead atoms. The first-order chi connectivity index (χ1) is 14.7. The Hall–Kier alpha value is -2.72. The highest BCUT2D eigenvalue weighted by atomic mass is 35.5. The van der Waals surface area contributed by atoms with Crippen LogP contribution in [0.25, 0.3) is 0 Å². The molecule has 168 valence electrons. The summed E-state index contributed by atoms with van der Waals surface area (Å²) in [5.74, 6) is -0.875. The van der Waals surface area contributed by atoms with Crippen molar-refractivity contribution in [1.82, 2.24) is 4.98 Å². The number of morpholine rings is 1. The summed E-state index contributed by atoms with van der Waals surface area (Å²) < 4.78 is 52.2. The zero-order chi connectivity index (χ0) is 22.4. The van der Waals surface area contributed by atoms with E-state index in [1.807, 2.05) is 4.90 Å². The highest BCUT2D eigenvalue weighted by Gasteiger charge is 2.32. The molecule has 0 saturated carbocycles. The number of carbonyl (C=O) groups is 1. The molecule has 2 aromatic rings. The zero-order valence-corrected chi connectivity index (χ0v) is 17.0. The van der Waals surface area contributed by atoms with E-state index in [9.17, 15) is 18.0 Å². The normalized spacial score (nSPS) is 16.8. The molecule has 11 heteroatoms. The van der Waals surface area contributed by atoms with Crippen molar-refractivity contribution in [3.8, 4) is 11.5 Å². The van der Waals surface area contributed by atoms with Crippen molar-refractivity contribution in [2.45, 2.75) is 31.9 Å². The summed E-state index contributed by atoms with van der Waals surface area (Å²) in [5.41, 5.74) is 1.36. The molecule has 3 rings (SSSR count). The summed E-state index contributed by atoms with van der Waals surface area (Å²) in [6.45, 7) is 1.71. The van der Waals surface area contributed by atoms with E-state index in [1.54, 1.807) is 12.3 Å². The summed E-state index contributed by atoms with van der Waals surface area (Å²) >= 11 is 5.85. The van der Waals surface area contributed by atoms with Crippen molar-refractivity contribution in [3.63, 3.8) is 0 Å². The Morgan fingerprint density at radius 3 is 2.84 bits per heavy atom. The number of pyridine rings is 1. The van der Waals surface area contributed by atoms with Crippen LogP contribution in [-0.2, 0) is 16.1 Å². The lowest BCUT2D eigenvalue weighted by Gasteiger charge is -2.34. The van der Waals surface area contributed by atoms with Crippen LogP contribution in [0.5, 0.6) is 11.5 Å². The number of hydrogen-bond donors (Lipinski definition) is 1. The second-order valence-electron chi connectivity index (χ2n) is 6.85. The average Bonchev–Trinajstić information content (AvgIpc) is 2.72. The third-order valence-electron chi connectivity index (χ3n) is 4.51. The first-order valence-corrected chi connectivity index (χ1v) is 9.78. The second kappa shape index (κ2) is 10.1. The Bertz CT molecular complexity index is 913. The molecule has 7 nitrogen and oxygen atoms in total. The first-order valence-electron chi connectivity index (χ1n) is 9.40. The van der Waals surface area contributed by atoms with Crippen molar-refractivity contribution in [2.24, 2.45) is 0 Å². The maximum Gasteiger partial charge on any atom is 0.573 e. The number of aromatic nitrogens is 1. The van der Waals surface area contributed by atoms with Crippen LogP contribution in [0.2, 0.25) is 5.02 Å². The number of nitrogens with zero attached hydrogens (tertiary/aromatic N) is 2. The molecule has 1 N–H and O–H groups in total. The number of carboxylic acids is 1. The zero-order valence-electron chi connectivity index (χ0n) is 16.3. The number of alkyl halides is 3. The third kappa shape index (κ3) is 7.18. The predicted molar refractivity (Wildman–Crippen MR) is 106 cm³/mol. The third-order valence-corrected chi connectivity index (χ3v) is 4.81. The van der Waals surface area contributed by atoms with Crippen molar-refractivity contribution >= 4 is 23.3 Å². The minimum absolute atomic E-state index is 0.0370. The van der Waals surface area contributed by atoms with Crippen LogP contribution in [0.15, 0.2) is 36.7 Å². The molecule has 0 spiro atoms. The van der Waals surface area contributed by atoms with Crippen LogP contribution < -0.4 is 14.4 Å². The molecule has 0 amide bonds. The van der Waals surface area contributed by atoms with Gasteiger partial charge in [0, 0.05) is 25.6 Å². The van der Waals surface area contributed by atoms with Gasteiger partial charge < -0.3 is 24.2 Å². The fraction of sp³-hybridized carbons (Fsp3) is 0.400. The molecule has 1 aliphatic rings. The van der Waals surface area contributed by atoms with E-state index in [2.05, 4.69) is 9.72 Å². The van der Waals surface area contributed by atoms with E-state index in [1.165, 1.54) is 18.3 Å². The maximum absolute atomic E-state index is 12.3. The molecule has 1 aromatic carbocycles. The molecule has 1 aliphatic heterocycles. The lowest BCUT2D eigenvalue weighted by Crippen LogP contribution is -2.42. The van der Waals surface area contributed by atoms with E-state index >= 15 is 0 Å². The van der Waals surface area contributed by atoms with E-state index in [0.29, 0.717) is 37.4 Å². The standard InChI is InChI=1S/C20H20ClF3N2O5/c21-17-7-13(1-3-18(17)31-20(22,23)24)12-30-16-8-14(9-25-10-16)26-5-6-29-15(11-26)2-4-19(27)28/h1,3,7-10,15H,2,4-6,11-12H2,(H,27,28)/t15-/m0/s1. The minimum Gasteiger partial charge on any atom is -0.487 e. The van der Waals surface area contributed by atoms with Crippen molar-refractivity contribution in [3.05, 3.63) is 47.2 Å². The summed E-state index contributed by atoms with van der Waals surface area (Å²) in [5, 5.41) is 8.66. The molecular weight excluding hydrogens is 441 g/mol. The van der Waals surface area contributed by atoms with Gasteiger partial charge in [-0.3, -0.25) is 9.78 Å². The van der Waals surface area contributed by atoms with Crippen molar-refractivity contribution in [2.75, 3.05) is 24.6 Å². The fourth-order valence-corrected chi connectivity index (χ4v) is 3.32. The quantitative estimate of drug-likeness (QED) is 0.629. The Labute approximate surface area is 181 Å². The average molecular weight is 461 g/mol. The van der Waals surface area contributed by atoms with Crippen molar-refractivity contribution < 1.29 is 37.3 Å². The lowest BCUT2D eigenvalue weighted by molar-refractivity contribution is -0.274. The number of carboxylic acid groups (broad SMARTS) is 1. The highest BCUT2D eigenvalue weighted by Crippen LogP contribution is 2.31. The van der Waals surface area contributed by atoms with Gasteiger partial charge in [-0.2, -0.15) is 0 Å². The summed E-state index contributed by atoms with van der Waals surface area (Å²) in [4.78, 5) is 17.0. The van der Waals surface area contributed by atoms with Gasteiger partial charge in [-0.1, -0.05) is 17.7 Å². The molecule has 0 radical (unpaired) electrons. The van der Waals surface area contributed by atoms with Crippen LogP contribution in [-0.4, -0.2) is 48.2 Å². The number of aliphatic carboxylic acids is 1. The molecule has 0 unspecified atom stereocenters. The first kappa shape index (κ1) is 23.0. The number of rotatable bonds is 8. The van der Waals surface area contributed by atoms with Crippen LogP contribution in [0.3, 0.4) is 0 Å². The molecule has 1 atom stereocenters. The number of hydrogen-bond acceptors (Lipinski definition) is 6. The van der Waals surface area contributed by atoms with Gasteiger partial charge in [0.15, 0.2) is 0 Å². The molecule has 31 heavy (non-hydrogen) atoms. The molecule has 1 fully saturated rings. The van der Waals surface area contributed by atoms with Gasteiger partial charge in [-0.25, -0.2) is 0 Å². The molecular formula is C20H20ClF3N2O5. The number of halogens is 4. The summed E-state index contributed by atoms with van der Waals surface area (Å²) in [7, 11) is 0. The van der Waals surface area contributed by atoms with E-state index in [0.717, 1.165) is 11.8 Å². The molecule has 1 saturated heterocycles. The Morgan fingerprint density at radius 1 is 1.32 bits per heavy atom. The Balaban J connectivity index is 1.59. The van der Waals surface area contributed by atoms with E-state index in [4.69, 9.17) is 26.2 Å². The lowest BCUT2D eigenvalue weighted by atomic mass is 10.1. The number of ether oxygens (including phenoxy) is 3. The van der Waals surface area contributed by atoms with Crippen molar-refractivity contribution in [1.29, 1.82) is 0 Å². The predicted octanol–water partition coefficient (Wildman–Crippen LogP) is 4.28. The fourth-order valence-electron chi connectivity index (χ4n) is 3.08. The van der Waals surface area contributed by atoms with E-state index in [-0.39, 0.29) is 24.2 Å². The monoisotopic (exact) mass is 460 g/mol. The molecule has 2 heterocycles. The smallest absolute Gasteiger partial charge is 0.487 e.